The second-order valence-electron chi connectivity index (χ2n) is 4.38. The molecule has 1 N–H and O–H groups in total. The maximum Gasteiger partial charge on any atom is 0.157 e. The summed E-state index contributed by atoms with van der Waals surface area (Å²) in [4.78, 5) is 7.32. The van der Waals surface area contributed by atoms with Gasteiger partial charge in [0, 0.05) is 22.1 Å². The first-order valence-corrected chi connectivity index (χ1v) is 7.45. The topological polar surface area (TPSA) is 24.4 Å². The van der Waals surface area contributed by atoms with Gasteiger partial charge in [0.25, 0.3) is 0 Å². The molecule has 0 amide bonds. The monoisotopic (exact) mass is 254 g/mol. The fraction of sp³-hybridized carbons (Fsp3) is 0.583. The highest BCUT2D eigenvalue weighted by atomic mass is 32.2. The van der Waals surface area contributed by atoms with Crippen LogP contribution in [0.25, 0.3) is 0 Å². The molecule has 1 aliphatic rings. The molecular formula is C12H18N2S2. The molecule has 1 aromatic heterocycles. The predicted octanol–water partition coefficient (Wildman–Crippen LogP) is 3.45. The van der Waals surface area contributed by atoms with Crippen LogP contribution in [0.5, 0.6) is 0 Å². The third-order valence-electron chi connectivity index (χ3n) is 2.58. The highest BCUT2D eigenvalue weighted by Gasteiger charge is 2.15. The van der Waals surface area contributed by atoms with Gasteiger partial charge in [-0.2, -0.15) is 0 Å². The lowest BCUT2D eigenvalue weighted by atomic mass is 10.2. The Bertz CT molecular complexity index is 384. The van der Waals surface area contributed by atoms with Crippen LogP contribution in [0.1, 0.15) is 29.6 Å². The summed E-state index contributed by atoms with van der Waals surface area (Å²) in [5.41, 5.74) is 0. The molecule has 0 aromatic carbocycles. The Balaban J connectivity index is 1.95. The molecule has 0 spiro atoms. The molecule has 0 saturated carbocycles. The van der Waals surface area contributed by atoms with Gasteiger partial charge in [0.1, 0.15) is 0 Å². The van der Waals surface area contributed by atoms with E-state index in [1.165, 1.54) is 15.5 Å². The number of thiophene rings is 1. The minimum Gasteiger partial charge on any atom is -0.358 e. The van der Waals surface area contributed by atoms with Gasteiger partial charge in [0.05, 0.1) is 6.04 Å². The number of rotatable bonds is 2. The van der Waals surface area contributed by atoms with Crippen molar-refractivity contribution in [3.05, 3.63) is 21.9 Å². The number of aryl methyl sites for hydroxylation is 1. The first kappa shape index (κ1) is 12.0. The van der Waals surface area contributed by atoms with Crippen LogP contribution in [0.4, 0.5) is 0 Å². The summed E-state index contributed by atoms with van der Waals surface area (Å²) >= 11 is 3.70. The van der Waals surface area contributed by atoms with Crippen LogP contribution in [0.15, 0.2) is 17.1 Å². The van der Waals surface area contributed by atoms with Gasteiger partial charge in [-0.1, -0.05) is 18.7 Å². The van der Waals surface area contributed by atoms with E-state index in [4.69, 9.17) is 0 Å². The van der Waals surface area contributed by atoms with Crippen molar-refractivity contribution in [3.63, 3.8) is 0 Å². The van der Waals surface area contributed by atoms with Gasteiger partial charge in [-0.25, -0.2) is 0 Å². The van der Waals surface area contributed by atoms with E-state index in [1.807, 2.05) is 23.1 Å². The molecule has 16 heavy (non-hydrogen) atoms. The normalized spacial score (nSPS) is 22.7. The molecular weight excluding hydrogens is 236 g/mol. The van der Waals surface area contributed by atoms with Gasteiger partial charge in [-0.15, -0.1) is 11.3 Å². The zero-order valence-electron chi connectivity index (χ0n) is 9.99. The van der Waals surface area contributed by atoms with Crippen LogP contribution in [0.2, 0.25) is 0 Å². The Morgan fingerprint density at radius 3 is 2.88 bits per heavy atom. The number of amidine groups is 1. The maximum atomic E-state index is 4.56. The zero-order valence-corrected chi connectivity index (χ0v) is 11.6. The van der Waals surface area contributed by atoms with Crippen LogP contribution in [-0.4, -0.2) is 17.5 Å². The number of nitrogens with zero attached hydrogens (tertiary/aromatic N) is 1. The van der Waals surface area contributed by atoms with E-state index in [1.54, 1.807) is 0 Å². The average Bonchev–Trinajstić information content (AvgIpc) is 2.68. The standard InChI is InChI=1S/C12H18N2S2/c1-8-6-13-12(15-7-8)14-10(3)11-5-4-9(2)16-11/h4-5,8,10H,6-7H2,1-3H3,(H,13,14). The van der Waals surface area contributed by atoms with E-state index in [0.29, 0.717) is 6.04 Å². The molecule has 0 bridgehead atoms. The van der Waals surface area contributed by atoms with E-state index in [9.17, 15) is 0 Å². The first-order valence-electron chi connectivity index (χ1n) is 5.65. The molecule has 88 valence electrons. The van der Waals surface area contributed by atoms with Crippen molar-refractivity contribution in [3.8, 4) is 0 Å². The molecule has 2 atom stereocenters. The Hall–Kier alpha value is -0.480. The second-order valence-corrected chi connectivity index (χ2v) is 6.70. The predicted molar refractivity (Wildman–Crippen MR) is 74.5 cm³/mol. The minimum absolute atomic E-state index is 0.373. The van der Waals surface area contributed by atoms with E-state index in [2.05, 4.69) is 43.2 Å². The van der Waals surface area contributed by atoms with E-state index in [0.717, 1.165) is 17.6 Å². The first-order chi connectivity index (χ1) is 7.65. The highest BCUT2D eigenvalue weighted by Crippen LogP contribution is 2.24. The molecule has 2 nitrogen and oxygen atoms in total. The summed E-state index contributed by atoms with van der Waals surface area (Å²) in [6, 6.07) is 4.75. The van der Waals surface area contributed by atoms with Crippen molar-refractivity contribution in [1.82, 2.24) is 5.32 Å². The number of nitrogens with one attached hydrogen (secondary N) is 1. The van der Waals surface area contributed by atoms with Crippen molar-refractivity contribution in [2.45, 2.75) is 26.8 Å². The lowest BCUT2D eigenvalue weighted by Gasteiger charge is -2.20. The molecule has 1 aliphatic heterocycles. The van der Waals surface area contributed by atoms with Crippen LogP contribution in [-0.2, 0) is 0 Å². The van der Waals surface area contributed by atoms with Gasteiger partial charge in [0.15, 0.2) is 5.17 Å². The quantitative estimate of drug-likeness (QED) is 0.874. The molecule has 0 aliphatic carbocycles. The second kappa shape index (κ2) is 5.23. The Morgan fingerprint density at radius 1 is 1.50 bits per heavy atom. The number of thioether (sulfide) groups is 1. The van der Waals surface area contributed by atoms with Gasteiger partial charge in [0.2, 0.25) is 0 Å². The van der Waals surface area contributed by atoms with Crippen LogP contribution in [0.3, 0.4) is 0 Å². The minimum atomic E-state index is 0.373. The number of hydrogen-bond acceptors (Lipinski definition) is 4. The summed E-state index contributed by atoms with van der Waals surface area (Å²) in [5.74, 6) is 1.90. The Kier molecular flexibility index (Phi) is 3.92. The van der Waals surface area contributed by atoms with Crippen LogP contribution in [0, 0.1) is 12.8 Å². The van der Waals surface area contributed by atoms with Crippen LogP contribution < -0.4 is 5.32 Å². The lowest BCUT2D eigenvalue weighted by Crippen LogP contribution is -2.28. The van der Waals surface area contributed by atoms with Crippen molar-refractivity contribution >= 4 is 28.3 Å². The average molecular weight is 254 g/mol. The summed E-state index contributed by atoms with van der Waals surface area (Å²) < 4.78 is 0. The fourth-order valence-corrected chi connectivity index (χ4v) is 3.44. The van der Waals surface area contributed by atoms with E-state index < -0.39 is 0 Å². The summed E-state index contributed by atoms with van der Waals surface area (Å²) in [5, 5.41) is 4.60. The molecule has 0 radical (unpaired) electrons. The summed E-state index contributed by atoms with van der Waals surface area (Å²) in [6.07, 6.45) is 0. The molecule has 1 aromatic rings. The maximum absolute atomic E-state index is 4.56. The molecule has 4 heteroatoms. The van der Waals surface area contributed by atoms with Crippen molar-refractivity contribution in [2.75, 3.05) is 12.3 Å². The number of aliphatic imine (C=N–C) groups is 1. The molecule has 2 heterocycles. The zero-order chi connectivity index (χ0) is 11.5. The third kappa shape index (κ3) is 3.01. The van der Waals surface area contributed by atoms with Crippen molar-refractivity contribution in [2.24, 2.45) is 10.9 Å². The molecule has 2 rings (SSSR count). The van der Waals surface area contributed by atoms with Gasteiger partial charge in [-0.3, -0.25) is 4.99 Å². The molecule has 2 unspecified atom stereocenters. The fourth-order valence-electron chi connectivity index (χ4n) is 1.59. The highest BCUT2D eigenvalue weighted by molar-refractivity contribution is 8.13. The largest absolute Gasteiger partial charge is 0.358 e. The third-order valence-corrected chi connectivity index (χ3v) is 5.02. The molecule has 0 fully saturated rings. The summed E-state index contributed by atoms with van der Waals surface area (Å²) in [7, 11) is 0. The van der Waals surface area contributed by atoms with Gasteiger partial charge < -0.3 is 5.32 Å². The van der Waals surface area contributed by atoms with E-state index in [-0.39, 0.29) is 0 Å². The SMILES string of the molecule is Cc1ccc(C(C)NC2=NCC(C)CS2)s1. The lowest BCUT2D eigenvalue weighted by molar-refractivity contribution is 0.660. The molecule has 0 saturated heterocycles. The van der Waals surface area contributed by atoms with Gasteiger partial charge in [-0.05, 0) is 31.9 Å². The van der Waals surface area contributed by atoms with Crippen molar-refractivity contribution in [1.29, 1.82) is 0 Å². The number of hydrogen-bond donors (Lipinski definition) is 1. The Morgan fingerprint density at radius 2 is 2.31 bits per heavy atom. The Labute approximate surface area is 106 Å². The smallest absolute Gasteiger partial charge is 0.157 e. The van der Waals surface area contributed by atoms with Gasteiger partial charge >= 0.3 is 0 Å². The van der Waals surface area contributed by atoms with Crippen LogP contribution >= 0.6 is 23.1 Å². The van der Waals surface area contributed by atoms with E-state index >= 15 is 0 Å². The summed E-state index contributed by atoms with van der Waals surface area (Å²) in [6.45, 7) is 7.56. The van der Waals surface area contributed by atoms with Crippen molar-refractivity contribution < 1.29 is 0 Å².